The van der Waals surface area contributed by atoms with Gasteiger partial charge in [-0.3, -0.25) is 9.79 Å². The Morgan fingerprint density at radius 1 is 1.22 bits per heavy atom. The van der Waals surface area contributed by atoms with Gasteiger partial charge in [-0.25, -0.2) is 9.37 Å². The number of carbonyl (C=O) groups excluding carboxylic acids is 1. The highest BCUT2D eigenvalue weighted by Crippen LogP contribution is 2.32. The first kappa shape index (κ1) is 14.3. The van der Waals surface area contributed by atoms with Gasteiger partial charge >= 0.3 is 0 Å². The summed E-state index contributed by atoms with van der Waals surface area (Å²) in [7, 11) is 0. The van der Waals surface area contributed by atoms with E-state index >= 15 is 0 Å². The van der Waals surface area contributed by atoms with Crippen molar-refractivity contribution in [1.82, 2.24) is 10.3 Å². The number of aromatic nitrogens is 1. The van der Waals surface area contributed by atoms with Crippen molar-refractivity contribution in [3.63, 3.8) is 0 Å². The number of rotatable bonds is 2. The molecule has 116 valence electrons. The van der Waals surface area contributed by atoms with Crippen molar-refractivity contribution in [2.24, 2.45) is 4.99 Å². The number of aliphatic imine (C=N–C) groups is 1. The van der Waals surface area contributed by atoms with E-state index in [1.54, 1.807) is 18.3 Å². The number of allylic oxidation sites excluding steroid dienone is 2. The Morgan fingerprint density at radius 2 is 2.04 bits per heavy atom. The van der Waals surface area contributed by atoms with Gasteiger partial charge in [0.2, 0.25) is 0 Å². The van der Waals surface area contributed by atoms with Crippen LogP contribution in [0.3, 0.4) is 0 Å². The Bertz CT molecular complexity index is 809. The summed E-state index contributed by atoms with van der Waals surface area (Å²) >= 11 is 1.52. The van der Waals surface area contributed by atoms with Crippen LogP contribution in [-0.4, -0.2) is 16.5 Å². The average molecular weight is 327 g/mol. The summed E-state index contributed by atoms with van der Waals surface area (Å²) in [5.41, 5.74) is 2.98. The molecule has 0 amide bonds. The van der Waals surface area contributed by atoms with E-state index < -0.39 is 0 Å². The van der Waals surface area contributed by atoms with E-state index in [1.165, 1.54) is 23.5 Å². The zero-order chi connectivity index (χ0) is 15.8. The van der Waals surface area contributed by atoms with Crippen molar-refractivity contribution < 1.29 is 9.18 Å². The second kappa shape index (κ2) is 5.70. The van der Waals surface area contributed by atoms with E-state index in [2.05, 4.69) is 10.3 Å². The van der Waals surface area contributed by atoms with Gasteiger partial charge in [0.1, 0.15) is 10.8 Å². The number of ketones is 1. The standard InChI is InChI=1S/C17H14FN3OS/c18-11-6-4-10(5-7-11)15-14-12(2-1-3-13(14)22)20-16(21-15)17-19-8-9-23-17/h4-9,16,20H,1-3H2. The molecule has 0 saturated heterocycles. The van der Waals surface area contributed by atoms with E-state index in [0.29, 0.717) is 17.7 Å². The second-order valence-electron chi connectivity index (χ2n) is 5.53. The number of halogens is 1. The second-order valence-corrected chi connectivity index (χ2v) is 6.46. The van der Waals surface area contributed by atoms with Crippen LogP contribution in [0.15, 0.2) is 52.1 Å². The van der Waals surface area contributed by atoms with Crippen molar-refractivity contribution in [3.8, 4) is 0 Å². The van der Waals surface area contributed by atoms with Crippen LogP contribution in [-0.2, 0) is 4.79 Å². The maximum absolute atomic E-state index is 13.2. The monoisotopic (exact) mass is 327 g/mol. The maximum atomic E-state index is 13.2. The van der Waals surface area contributed by atoms with E-state index in [-0.39, 0.29) is 17.8 Å². The number of Topliss-reactive ketones (excluding diaryl/α,β-unsaturated/α-hetero) is 1. The molecule has 2 heterocycles. The van der Waals surface area contributed by atoms with Gasteiger partial charge in [-0.2, -0.15) is 0 Å². The van der Waals surface area contributed by atoms with Crippen LogP contribution in [0.5, 0.6) is 0 Å². The zero-order valence-electron chi connectivity index (χ0n) is 12.3. The summed E-state index contributed by atoms with van der Waals surface area (Å²) in [6.45, 7) is 0. The lowest BCUT2D eigenvalue weighted by atomic mass is 9.87. The molecule has 4 nitrogen and oxygen atoms in total. The molecule has 23 heavy (non-hydrogen) atoms. The van der Waals surface area contributed by atoms with Gasteiger partial charge in [-0.05, 0) is 37.1 Å². The summed E-state index contributed by atoms with van der Waals surface area (Å²) in [6, 6.07) is 6.13. The summed E-state index contributed by atoms with van der Waals surface area (Å²) in [6.07, 6.45) is 3.64. The highest BCUT2D eigenvalue weighted by Gasteiger charge is 2.32. The van der Waals surface area contributed by atoms with Gasteiger partial charge in [-0.1, -0.05) is 0 Å². The lowest BCUT2D eigenvalue weighted by molar-refractivity contribution is -0.115. The number of benzene rings is 1. The molecule has 0 radical (unpaired) electrons. The molecule has 1 aliphatic heterocycles. The molecule has 4 rings (SSSR count). The molecule has 2 aliphatic rings. The summed E-state index contributed by atoms with van der Waals surface area (Å²) < 4.78 is 13.2. The predicted octanol–water partition coefficient (Wildman–Crippen LogP) is 3.38. The van der Waals surface area contributed by atoms with Crippen LogP contribution in [0, 0.1) is 5.82 Å². The number of carbonyl (C=O) groups is 1. The Hall–Kier alpha value is -2.34. The van der Waals surface area contributed by atoms with Gasteiger partial charge in [0.15, 0.2) is 11.9 Å². The summed E-state index contributed by atoms with van der Waals surface area (Å²) in [5, 5.41) is 6.10. The van der Waals surface area contributed by atoms with Gasteiger partial charge < -0.3 is 5.32 Å². The Morgan fingerprint density at radius 3 is 2.78 bits per heavy atom. The number of nitrogens with zero attached hydrogens (tertiary/aromatic N) is 2. The number of thiazole rings is 1. The first-order valence-corrected chi connectivity index (χ1v) is 8.37. The van der Waals surface area contributed by atoms with Crippen molar-refractivity contribution in [1.29, 1.82) is 0 Å². The SMILES string of the molecule is O=C1CCCC2=C1C(c1ccc(F)cc1)=NC(c1nccs1)N2. The minimum absolute atomic E-state index is 0.0967. The summed E-state index contributed by atoms with van der Waals surface area (Å²) in [4.78, 5) is 21.4. The van der Waals surface area contributed by atoms with E-state index in [9.17, 15) is 9.18 Å². The quantitative estimate of drug-likeness (QED) is 0.920. The number of nitrogens with one attached hydrogen (secondary N) is 1. The highest BCUT2D eigenvalue weighted by atomic mass is 32.1. The number of hydrogen-bond acceptors (Lipinski definition) is 5. The van der Waals surface area contributed by atoms with Crippen molar-refractivity contribution in [2.75, 3.05) is 0 Å². The molecular formula is C17H14FN3OS. The van der Waals surface area contributed by atoms with Gasteiger partial charge in [-0.15, -0.1) is 11.3 Å². The van der Waals surface area contributed by atoms with Gasteiger partial charge in [0.05, 0.1) is 11.3 Å². The van der Waals surface area contributed by atoms with E-state index in [4.69, 9.17) is 4.99 Å². The minimum Gasteiger partial charge on any atom is -0.361 e. The first-order valence-electron chi connectivity index (χ1n) is 7.49. The average Bonchev–Trinajstić information content (AvgIpc) is 3.09. The normalized spacial score (nSPS) is 20.8. The van der Waals surface area contributed by atoms with E-state index in [0.717, 1.165) is 29.1 Å². The van der Waals surface area contributed by atoms with Crippen LogP contribution in [0.25, 0.3) is 0 Å². The Kier molecular flexibility index (Phi) is 3.53. The molecule has 1 aromatic carbocycles. The molecular weight excluding hydrogens is 313 g/mol. The van der Waals surface area contributed by atoms with Crippen molar-refractivity contribution in [3.05, 3.63) is 63.5 Å². The molecule has 0 fully saturated rings. The fraction of sp³-hybridized carbons (Fsp3) is 0.235. The lowest BCUT2D eigenvalue weighted by Gasteiger charge is -2.29. The molecule has 0 bridgehead atoms. The van der Waals surface area contributed by atoms with Crippen LogP contribution < -0.4 is 5.32 Å². The molecule has 0 saturated carbocycles. The molecule has 1 aliphatic carbocycles. The fourth-order valence-electron chi connectivity index (χ4n) is 2.97. The Labute approximate surface area is 136 Å². The molecule has 0 spiro atoms. The van der Waals surface area contributed by atoms with Gasteiger partial charge in [0.25, 0.3) is 0 Å². The van der Waals surface area contributed by atoms with Crippen molar-refractivity contribution >= 4 is 22.8 Å². The van der Waals surface area contributed by atoms with Crippen molar-refractivity contribution in [2.45, 2.75) is 25.4 Å². The molecule has 2 aromatic rings. The third-order valence-electron chi connectivity index (χ3n) is 4.02. The highest BCUT2D eigenvalue weighted by molar-refractivity contribution is 7.09. The minimum atomic E-state index is -0.302. The Balaban J connectivity index is 1.83. The third-order valence-corrected chi connectivity index (χ3v) is 4.85. The molecule has 1 N–H and O–H groups in total. The largest absolute Gasteiger partial charge is 0.361 e. The number of hydrogen-bond donors (Lipinski definition) is 1. The third kappa shape index (κ3) is 2.59. The zero-order valence-corrected chi connectivity index (χ0v) is 13.1. The maximum Gasteiger partial charge on any atom is 0.171 e. The van der Waals surface area contributed by atoms with Crippen LogP contribution >= 0.6 is 11.3 Å². The summed E-state index contributed by atoms with van der Waals surface area (Å²) in [5.74, 6) is -0.205. The van der Waals surface area contributed by atoms with Crippen LogP contribution in [0.4, 0.5) is 4.39 Å². The van der Waals surface area contributed by atoms with E-state index in [1.807, 2.05) is 5.38 Å². The lowest BCUT2D eigenvalue weighted by Crippen LogP contribution is -2.34. The predicted molar refractivity (Wildman–Crippen MR) is 86.8 cm³/mol. The first-order chi connectivity index (χ1) is 11.2. The topological polar surface area (TPSA) is 54.4 Å². The van der Waals surface area contributed by atoms with Gasteiger partial charge in [0, 0.05) is 29.3 Å². The smallest absolute Gasteiger partial charge is 0.171 e. The molecule has 1 atom stereocenters. The fourth-order valence-corrected chi connectivity index (χ4v) is 3.59. The molecule has 6 heteroatoms. The van der Waals surface area contributed by atoms with Crippen LogP contribution in [0.2, 0.25) is 0 Å². The molecule has 1 unspecified atom stereocenters. The van der Waals surface area contributed by atoms with Crippen LogP contribution in [0.1, 0.15) is 36.0 Å². The molecule has 1 aromatic heterocycles.